The van der Waals surface area contributed by atoms with Crippen molar-refractivity contribution in [1.82, 2.24) is 0 Å². The molecule has 0 saturated heterocycles. The first-order valence-corrected chi connectivity index (χ1v) is 13.5. The normalized spacial score (nSPS) is 14.0. The van der Waals surface area contributed by atoms with Crippen molar-refractivity contribution in [2.45, 2.75) is 103 Å². The molecule has 32 heavy (non-hydrogen) atoms. The van der Waals surface area contributed by atoms with Gasteiger partial charge in [-0.3, -0.25) is 18.6 Å². The Morgan fingerprint density at radius 2 is 1.41 bits per heavy atom. The van der Waals surface area contributed by atoms with Gasteiger partial charge in [0.05, 0.1) is 13.2 Å². The van der Waals surface area contributed by atoms with Crippen LogP contribution < -0.4 is 5.73 Å². The lowest BCUT2D eigenvalue weighted by molar-refractivity contribution is -0.161. The van der Waals surface area contributed by atoms with Crippen LogP contribution in [0.25, 0.3) is 0 Å². The predicted octanol–water partition coefficient (Wildman–Crippen LogP) is 4.64. The molecule has 0 aromatic carbocycles. The topological polar surface area (TPSA) is 134 Å². The molecule has 0 aromatic rings. The van der Waals surface area contributed by atoms with Crippen LogP contribution in [-0.2, 0) is 32.7 Å². The van der Waals surface area contributed by atoms with Crippen molar-refractivity contribution in [2.75, 3.05) is 26.4 Å². The number of phosphoric acid groups is 1. The van der Waals surface area contributed by atoms with Crippen LogP contribution in [-0.4, -0.2) is 49.3 Å². The highest BCUT2D eigenvalue weighted by atomic mass is 31.2. The van der Waals surface area contributed by atoms with Crippen molar-refractivity contribution in [3.05, 3.63) is 0 Å². The Morgan fingerprint density at radius 3 is 1.97 bits per heavy atom. The van der Waals surface area contributed by atoms with Gasteiger partial charge in [-0.15, -0.1) is 0 Å². The molecule has 10 heteroatoms. The molecular weight excluding hydrogens is 437 g/mol. The van der Waals surface area contributed by atoms with Gasteiger partial charge < -0.3 is 20.1 Å². The molecule has 0 amide bonds. The molecule has 0 rings (SSSR count). The van der Waals surface area contributed by atoms with Gasteiger partial charge in [-0.05, 0) is 12.8 Å². The van der Waals surface area contributed by atoms with Gasteiger partial charge in [0, 0.05) is 19.4 Å². The standard InChI is InChI=1S/C22H44NO8P/c1-3-5-6-7-8-9-10-11-12-13-15-21(24)28-18-20(31-22(25)14-4-2)19-30-32(26,27)29-17-16-23/h20H,3-19,23H2,1-2H3,(H,26,27)/t20-/m1/s1. The summed E-state index contributed by atoms with van der Waals surface area (Å²) >= 11 is 0. The highest BCUT2D eigenvalue weighted by Crippen LogP contribution is 2.43. The van der Waals surface area contributed by atoms with Crippen molar-refractivity contribution in [3.63, 3.8) is 0 Å². The Labute approximate surface area is 193 Å². The number of carbonyl (C=O) groups excluding carboxylic acids is 2. The van der Waals surface area contributed by atoms with Crippen LogP contribution in [0.5, 0.6) is 0 Å². The first kappa shape index (κ1) is 31.0. The van der Waals surface area contributed by atoms with E-state index in [1.54, 1.807) is 0 Å². The van der Waals surface area contributed by atoms with E-state index in [0.717, 1.165) is 19.3 Å². The maximum Gasteiger partial charge on any atom is 0.472 e. The van der Waals surface area contributed by atoms with E-state index in [2.05, 4.69) is 11.4 Å². The van der Waals surface area contributed by atoms with E-state index >= 15 is 0 Å². The Morgan fingerprint density at radius 1 is 0.812 bits per heavy atom. The van der Waals surface area contributed by atoms with Crippen molar-refractivity contribution in [3.8, 4) is 0 Å². The summed E-state index contributed by atoms with van der Waals surface area (Å²) in [6.07, 6.45) is 11.8. The summed E-state index contributed by atoms with van der Waals surface area (Å²) in [5.74, 6) is -0.893. The molecular formula is C22H44NO8P. The lowest BCUT2D eigenvalue weighted by atomic mass is 10.1. The average molecular weight is 482 g/mol. The maximum absolute atomic E-state index is 12.0. The minimum absolute atomic E-state index is 0.0550. The summed E-state index contributed by atoms with van der Waals surface area (Å²) in [6, 6.07) is 0. The van der Waals surface area contributed by atoms with Crippen molar-refractivity contribution in [2.24, 2.45) is 5.73 Å². The minimum Gasteiger partial charge on any atom is -0.462 e. The Hall–Kier alpha value is -0.990. The van der Waals surface area contributed by atoms with Crippen molar-refractivity contribution >= 4 is 19.8 Å². The molecule has 0 fully saturated rings. The molecule has 0 spiro atoms. The van der Waals surface area contributed by atoms with Crippen LogP contribution in [0.15, 0.2) is 0 Å². The third kappa shape index (κ3) is 19.7. The number of esters is 2. The fourth-order valence-corrected chi connectivity index (χ4v) is 3.73. The highest BCUT2D eigenvalue weighted by molar-refractivity contribution is 7.47. The fraction of sp³-hybridized carbons (Fsp3) is 0.909. The molecule has 0 aliphatic carbocycles. The summed E-state index contributed by atoms with van der Waals surface area (Å²) in [7, 11) is -4.32. The molecule has 0 saturated carbocycles. The first-order chi connectivity index (χ1) is 15.3. The summed E-state index contributed by atoms with van der Waals surface area (Å²) in [4.78, 5) is 33.3. The van der Waals surface area contributed by atoms with Gasteiger partial charge in [-0.2, -0.15) is 0 Å². The zero-order valence-electron chi connectivity index (χ0n) is 19.9. The Kier molecular flexibility index (Phi) is 20.0. The number of carbonyl (C=O) groups is 2. The highest BCUT2D eigenvalue weighted by Gasteiger charge is 2.25. The largest absolute Gasteiger partial charge is 0.472 e. The quantitative estimate of drug-likeness (QED) is 0.129. The molecule has 0 aliphatic rings. The number of ether oxygens (including phenoxy) is 2. The van der Waals surface area contributed by atoms with E-state index in [-0.39, 0.29) is 32.6 Å². The SMILES string of the molecule is CCCCCCCCCCCCC(=O)OC[C@H](COP(=O)(O)OCCN)OC(=O)CCC. The maximum atomic E-state index is 12.0. The fourth-order valence-electron chi connectivity index (χ4n) is 2.96. The summed E-state index contributed by atoms with van der Waals surface area (Å²) < 4.78 is 31.6. The van der Waals surface area contributed by atoms with Gasteiger partial charge in [0.1, 0.15) is 6.61 Å². The van der Waals surface area contributed by atoms with Gasteiger partial charge in [0.15, 0.2) is 6.10 Å². The molecule has 0 heterocycles. The van der Waals surface area contributed by atoms with Crippen LogP contribution in [0.2, 0.25) is 0 Å². The van der Waals surface area contributed by atoms with Gasteiger partial charge >= 0.3 is 19.8 Å². The molecule has 3 N–H and O–H groups in total. The van der Waals surface area contributed by atoms with Crippen LogP contribution in [0.3, 0.4) is 0 Å². The van der Waals surface area contributed by atoms with E-state index in [0.29, 0.717) is 6.42 Å². The van der Waals surface area contributed by atoms with Gasteiger partial charge in [0.2, 0.25) is 0 Å². The Bertz CT molecular complexity index is 532. The number of nitrogens with two attached hydrogens (primary N) is 1. The lowest BCUT2D eigenvalue weighted by Gasteiger charge is -2.19. The number of hydrogen-bond acceptors (Lipinski definition) is 8. The molecule has 0 radical (unpaired) electrons. The monoisotopic (exact) mass is 481 g/mol. The second kappa shape index (κ2) is 20.6. The number of hydrogen-bond donors (Lipinski definition) is 2. The Balaban J connectivity index is 4.13. The molecule has 9 nitrogen and oxygen atoms in total. The van der Waals surface area contributed by atoms with Gasteiger partial charge in [-0.25, -0.2) is 4.57 Å². The summed E-state index contributed by atoms with van der Waals surface area (Å²) in [5.41, 5.74) is 5.23. The lowest BCUT2D eigenvalue weighted by Crippen LogP contribution is -2.29. The van der Waals surface area contributed by atoms with E-state index in [4.69, 9.17) is 19.7 Å². The van der Waals surface area contributed by atoms with Gasteiger partial charge in [-0.1, -0.05) is 71.6 Å². The molecule has 0 aliphatic heterocycles. The third-order valence-electron chi connectivity index (χ3n) is 4.71. The summed E-state index contributed by atoms with van der Waals surface area (Å²) in [6.45, 7) is 3.26. The van der Waals surface area contributed by atoms with E-state index in [9.17, 15) is 19.0 Å². The van der Waals surface area contributed by atoms with Crippen LogP contribution in [0.1, 0.15) is 97.3 Å². The molecule has 1 unspecified atom stereocenters. The van der Waals surface area contributed by atoms with Crippen LogP contribution >= 0.6 is 7.82 Å². The molecule has 190 valence electrons. The number of unbranched alkanes of at least 4 members (excludes halogenated alkanes) is 9. The minimum atomic E-state index is -4.32. The number of rotatable bonds is 22. The second-order valence-corrected chi connectivity index (χ2v) is 9.32. The van der Waals surface area contributed by atoms with Crippen LogP contribution in [0.4, 0.5) is 0 Å². The zero-order valence-corrected chi connectivity index (χ0v) is 20.8. The van der Waals surface area contributed by atoms with E-state index in [1.165, 1.54) is 44.9 Å². The van der Waals surface area contributed by atoms with Crippen molar-refractivity contribution in [1.29, 1.82) is 0 Å². The predicted molar refractivity (Wildman–Crippen MR) is 123 cm³/mol. The van der Waals surface area contributed by atoms with Crippen molar-refractivity contribution < 1.29 is 37.6 Å². The van der Waals surface area contributed by atoms with Gasteiger partial charge in [0.25, 0.3) is 0 Å². The summed E-state index contributed by atoms with van der Waals surface area (Å²) in [5, 5.41) is 0. The first-order valence-electron chi connectivity index (χ1n) is 12.0. The number of phosphoric ester groups is 1. The molecule has 0 bridgehead atoms. The van der Waals surface area contributed by atoms with E-state index < -0.39 is 32.5 Å². The van der Waals surface area contributed by atoms with E-state index in [1.807, 2.05) is 6.92 Å². The smallest absolute Gasteiger partial charge is 0.462 e. The molecule has 2 atom stereocenters. The molecule has 0 aromatic heterocycles. The second-order valence-electron chi connectivity index (χ2n) is 7.86. The third-order valence-corrected chi connectivity index (χ3v) is 5.70. The average Bonchev–Trinajstić information content (AvgIpc) is 2.75. The van der Waals surface area contributed by atoms with Crippen LogP contribution in [0, 0.1) is 0 Å². The zero-order chi connectivity index (χ0) is 24.1.